The predicted octanol–water partition coefficient (Wildman–Crippen LogP) is 1.68. The standard InChI is InChI=1S/C12H13N3O3S/c1-7(11(16)17-2)13-12(19)14-10-8-5-3-4-6-9(8)18-15-10/h3-7H,1-2H3,(H2,13,14,15,19). The highest BCUT2D eigenvalue weighted by molar-refractivity contribution is 7.80. The van der Waals surface area contributed by atoms with Gasteiger partial charge in [-0.05, 0) is 31.3 Å². The fourth-order valence-electron chi connectivity index (χ4n) is 1.55. The van der Waals surface area contributed by atoms with E-state index in [0.29, 0.717) is 11.4 Å². The molecule has 7 heteroatoms. The number of thiocarbonyl (C=S) groups is 1. The van der Waals surface area contributed by atoms with Crippen molar-refractivity contribution in [1.29, 1.82) is 0 Å². The molecule has 0 aliphatic carbocycles. The summed E-state index contributed by atoms with van der Waals surface area (Å²) >= 11 is 5.10. The van der Waals surface area contributed by atoms with Crippen LogP contribution in [0.3, 0.4) is 0 Å². The van der Waals surface area contributed by atoms with Gasteiger partial charge in [0.2, 0.25) is 0 Å². The molecule has 1 aromatic carbocycles. The molecule has 1 heterocycles. The number of nitrogens with one attached hydrogen (secondary N) is 2. The van der Waals surface area contributed by atoms with Crippen LogP contribution in [0.25, 0.3) is 11.0 Å². The van der Waals surface area contributed by atoms with Crippen LogP contribution in [0.1, 0.15) is 6.92 Å². The molecular weight excluding hydrogens is 266 g/mol. The number of esters is 1. The molecule has 0 aliphatic heterocycles. The topological polar surface area (TPSA) is 76.4 Å². The Balaban J connectivity index is 2.05. The van der Waals surface area contributed by atoms with Gasteiger partial charge >= 0.3 is 5.97 Å². The Bertz CT molecular complexity index is 611. The molecule has 2 aromatic rings. The Morgan fingerprint density at radius 1 is 1.47 bits per heavy atom. The zero-order valence-electron chi connectivity index (χ0n) is 10.5. The van der Waals surface area contributed by atoms with E-state index in [0.717, 1.165) is 5.39 Å². The molecule has 0 spiro atoms. The summed E-state index contributed by atoms with van der Waals surface area (Å²) in [6.07, 6.45) is 0. The first-order valence-corrected chi connectivity index (χ1v) is 6.02. The Hall–Kier alpha value is -2.15. The van der Waals surface area contributed by atoms with E-state index in [1.807, 2.05) is 18.2 Å². The minimum atomic E-state index is -0.539. The normalized spacial score (nSPS) is 11.9. The van der Waals surface area contributed by atoms with E-state index >= 15 is 0 Å². The number of carbonyl (C=O) groups excluding carboxylic acids is 1. The number of methoxy groups -OCH3 is 1. The molecule has 2 N–H and O–H groups in total. The van der Waals surface area contributed by atoms with E-state index in [9.17, 15) is 4.79 Å². The molecule has 0 saturated carbocycles. The largest absolute Gasteiger partial charge is 0.467 e. The van der Waals surface area contributed by atoms with Crippen LogP contribution in [0.5, 0.6) is 0 Å². The van der Waals surface area contributed by atoms with Crippen LogP contribution in [-0.2, 0) is 9.53 Å². The minimum absolute atomic E-state index is 0.275. The third-order valence-corrected chi connectivity index (χ3v) is 2.73. The second kappa shape index (κ2) is 5.66. The summed E-state index contributed by atoms with van der Waals surface area (Å²) in [6.45, 7) is 1.65. The lowest BCUT2D eigenvalue weighted by molar-refractivity contribution is -0.142. The fourth-order valence-corrected chi connectivity index (χ4v) is 1.83. The molecule has 19 heavy (non-hydrogen) atoms. The molecule has 0 aliphatic rings. The van der Waals surface area contributed by atoms with E-state index < -0.39 is 12.0 Å². The van der Waals surface area contributed by atoms with Crippen LogP contribution >= 0.6 is 12.2 Å². The summed E-state index contributed by atoms with van der Waals surface area (Å²) in [6, 6.07) is 6.86. The van der Waals surface area contributed by atoms with Crippen LogP contribution in [0.4, 0.5) is 5.82 Å². The third kappa shape index (κ3) is 3.00. The summed E-state index contributed by atoms with van der Waals surface area (Å²) < 4.78 is 9.73. The summed E-state index contributed by atoms with van der Waals surface area (Å²) in [5.41, 5.74) is 0.661. The molecule has 0 fully saturated rings. The predicted molar refractivity (Wildman–Crippen MR) is 74.8 cm³/mol. The molecule has 100 valence electrons. The Morgan fingerprint density at radius 3 is 2.95 bits per heavy atom. The highest BCUT2D eigenvalue weighted by Gasteiger charge is 2.15. The van der Waals surface area contributed by atoms with Crippen molar-refractivity contribution in [2.75, 3.05) is 12.4 Å². The van der Waals surface area contributed by atoms with Crippen LogP contribution < -0.4 is 10.6 Å². The molecule has 0 amide bonds. The average molecular weight is 279 g/mol. The van der Waals surface area contributed by atoms with Gasteiger partial charge in [0.15, 0.2) is 16.5 Å². The number of para-hydroxylation sites is 1. The molecule has 6 nitrogen and oxygen atoms in total. The van der Waals surface area contributed by atoms with Gasteiger partial charge in [-0.2, -0.15) is 0 Å². The summed E-state index contributed by atoms with van der Waals surface area (Å²) in [5, 5.41) is 10.6. The molecule has 1 atom stereocenters. The van der Waals surface area contributed by atoms with Gasteiger partial charge in [0.1, 0.15) is 6.04 Å². The maximum Gasteiger partial charge on any atom is 0.328 e. The maximum atomic E-state index is 11.3. The van der Waals surface area contributed by atoms with Gasteiger partial charge in [0.25, 0.3) is 0 Å². The van der Waals surface area contributed by atoms with Crippen LogP contribution in [-0.4, -0.2) is 29.4 Å². The van der Waals surface area contributed by atoms with E-state index in [2.05, 4.69) is 20.5 Å². The summed E-state index contributed by atoms with van der Waals surface area (Å²) in [5.74, 6) is 0.110. The molecule has 2 rings (SSSR count). The first kappa shape index (κ1) is 13.3. The number of hydrogen-bond acceptors (Lipinski definition) is 5. The third-order valence-electron chi connectivity index (χ3n) is 2.51. The molecule has 0 radical (unpaired) electrons. The van der Waals surface area contributed by atoms with Gasteiger partial charge < -0.3 is 19.9 Å². The first-order chi connectivity index (χ1) is 9.11. The maximum absolute atomic E-state index is 11.3. The second-order valence-corrected chi connectivity index (χ2v) is 4.28. The molecule has 1 aromatic heterocycles. The van der Waals surface area contributed by atoms with E-state index in [1.165, 1.54) is 7.11 Å². The zero-order valence-corrected chi connectivity index (χ0v) is 11.3. The number of aromatic nitrogens is 1. The highest BCUT2D eigenvalue weighted by Crippen LogP contribution is 2.21. The lowest BCUT2D eigenvalue weighted by atomic mass is 10.2. The van der Waals surface area contributed by atoms with Crippen molar-refractivity contribution in [3.05, 3.63) is 24.3 Å². The number of fused-ring (bicyclic) bond motifs is 1. The van der Waals surface area contributed by atoms with Crippen LogP contribution in [0.15, 0.2) is 28.8 Å². The van der Waals surface area contributed by atoms with Crippen molar-refractivity contribution in [3.8, 4) is 0 Å². The van der Waals surface area contributed by atoms with Crippen molar-refractivity contribution >= 4 is 40.1 Å². The van der Waals surface area contributed by atoms with Gasteiger partial charge in [0, 0.05) is 0 Å². The van der Waals surface area contributed by atoms with E-state index in [-0.39, 0.29) is 5.11 Å². The minimum Gasteiger partial charge on any atom is -0.467 e. The Morgan fingerprint density at radius 2 is 2.21 bits per heavy atom. The van der Waals surface area contributed by atoms with Crippen molar-refractivity contribution in [3.63, 3.8) is 0 Å². The number of benzene rings is 1. The first-order valence-electron chi connectivity index (χ1n) is 5.61. The van der Waals surface area contributed by atoms with Crippen molar-refractivity contribution in [1.82, 2.24) is 10.5 Å². The number of anilines is 1. The molecule has 0 bridgehead atoms. The molecule has 0 saturated heterocycles. The van der Waals surface area contributed by atoms with E-state index in [4.69, 9.17) is 16.7 Å². The monoisotopic (exact) mass is 279 g/mol. The van der Waals surface area contributed by atoms with Gasteiger partial charge in [-0.3, -0.25) is 0 Å². The van der Waals surface area contributed by atoms with Gasteiger partial charge in [-0.15, -0.1) is 0 Å². The summed E-state index contributed by atoms with van der Waals surface area (Å²) in [7, 11) is 1.32. The van der Waals surface area contributed by atoms with Gasteiger partial charge in [-0.25, -0.2) is 4.79 Å². The average Bonchev–Trinajstić information content (AvgIpc) is 2.81. The number of nitrogens with zero attached hydrogens (tertiary/aromatic N) is 1. The molecule has 1 unspecified atom stereocenters. The quantitative estimate of drug-likeness (QED) is 0.653. The lowest BCUT2D eigenvalue weighted by Crippen LogP contribution is -2.41. The van der Waals surface area contributed by atoms with Crippen LogP contribution in [0, 0.1) is 0 Å². The number of rotatable bonds is 3. The number of hydrogen-bond donors (Lipinski definition) is 2. The Kier molecular flexibility index (Phi) is 3.96. The smallest absolute Gasteiger partial charge is 0.328 e. The van der Waals surface area contributed by atoms with Crippen molar-refractivity contribution < 1.29 is 14.1 Å². The second-order valence-electron chi connectivity index (χ2n) is 3.87. The zero-order chi connectivity index (χ0) is 13.8. The highest BCUT2D eigenvalue weighted by atomic mass is 32.1. The SMILES string of the molecule is COC(=O)C(C)NC(=S)Nc1noc2ccccc12. The van der Waals surface area contributed by atoms with Crippen LogP contribution in [0.2, 0.25) is 0 Å². The van der Waals surface area contributed by atoms with Gasteiger partial charge in [0.05, 0.1) is 12.5 Å². The number of ether oxygens (including phenoxy) is 1. The summed E-state index contributed by atoms with van der Waals surface area (Å²) in [4.78, 5) is 11.3. The van der Waals surface area contributed by atoms with E-state index in [1.54, 1.807) is 13.0 Å². The fraction of sp³-hybridized carbons (Fsp3) is 0.250. The van der Waals surface area contributed by atoms with Crippen molar-refractivity contribution in [2.24, 2.45) is 0 Å². The number of carbonyl (C=O) groups is 1. The Labute approximate surface area is 115 Å². The lowest BCUT2D eigenvalue weighted by Gasteiger charge is -2.13. The molecular formula is C12H13N3O3S. The van der Waals surface area contributed by atoms with Gasteiger partial charge in [-0.1, -0.05) is 17.3 Å². The van der Waals surface area contributed by atoms with Crippen molar-refractivity contribution in [2.45, 2.75) is 13.0 Å².